The van der Waals surface area contributed by atoms with Crippen molar-refractivity contribution in [2.75, 3.05) is 31.2 Å². The molecule has 1 saturated heterocycles. The van der Waals surface area contributed by atoms with E-state index in [9.17, 15) is 68.7 Å². The van der Waals surface area contributed by atoms with Gasteiger partial charge < -0.3 is 79.1 Å². The molecule has 0 aromatic heterocycles. The average molecular weight is 953 g/mol. The Morgan fingerprint density at radius 3 is 1.55 bits per heavy atom. The predicted molar refractivity (Wildman–Crippen MR) is 236 cm³/mol. The van der Waals surface area contributed by atoms with Crippen LogP contribution in [0.4, 0.5) is 0 Å². The number of carboxylic acids is 1. The second kappa shape index (κ2) is 28.6. The molecule has 24 nitrogen and oxygen atoms in total. The van der Waals surface area contributed by atoms with Crippen molar-refractivity contribution in [2.24, 2.45) is 17.4 Å². The summed E-state index contributed by atoms with van der Waals surface area (Å²) in [5.41, 5.74) is 11.4. The molecule has 8 amide bonds. The first-order valence-electron chi connectivity index (χ1n) is 20.9. The summed E-state index contributed by atoms with van der Waals surface area (Å²) in [6.45, 7) is 6.20. The monoisotopic (exact) mass is 952 g/mol. The predicted octanol–water partition coefficient (Wildman–Crippen LogP) is -6.05. The van der Waals surface area contributed by atoms with Crippen molar-refractivity contribution in [1.82, 2.24) is 42.1 Å². The normalized spacial score (nSPS) is 18.9. The van der Waals surface area contributed by atoms with Crippen LogP contribution in [0.2, 0.25) is 0 Å². The van der Waals surface area contributed by atoms with Crippen LogP contribution in [-0.4, -0.2) is 188 Å². The van der Waals surface area contributed by atoms with Gasteiger partial charge in [0, 0.05) is 18.1 Å². The zero-order chi connectivity index (χ0) is 49.0. The lowest BCUT2D eigenvalue weighted by Gasteiger charge is -2.31. The summed E-state index contributed by atoms with van der Waals surface area (Å²) < 4.78 is 0. The first kappa shape index (κ1) is 57.7. The van der Waals surface area contributed by atoms with Crippen LogP contribution < -0.4 is 48.7 Å². The molecule has 0 bridgehead atoms. The third-order valence-corrected chi connectivity index (χ3v) is 10.8. The fourth-order valence-corrected chi connectivity index (χ4v) is 6.87. The summed E-state index contributed by atoms with van der Waals surface area (Å²) in [4.78, 5) is 119. The number of aliphatic hydroxyl groups excluding tert-OH is 4. The van der Waals surface area contributed by atoms with Gasteiger partial charge in [0.25, 0.3) is 0 Å². The van der Waals surface area contributed by atoms with Crippen LogP contribution in [0.1, 0.15) is 73.1 Å². The molecule has 12 atom stereocenters. The van der Waals surface area contributed by atoms with Crippen molar-refractivity contribution in [3.8, 4) is 0 Å². The molecule has 0 spiro atoms. The zero-order valence-electron chi connectivity index (χ0n) is 36.7. The molecule has 1 fully saturated rings. The van der Waals surface area contributed by atoms with Crippen molar-refractivity contribution in [3.05, 3.63) is 0 Å². The number of hydrogen-bond donors (Lipinski definition) is 16. The highest BCUT2D eigenvalue weighted by atomic mass is 32.1. The second-order valence-corrected chi connectivity index (χ2v) is 16.8. The maximum Gasteiger partial charge on any atom is 0.327 e. The molecule has 0 aromatic rings. The summed E-state index contributed by atoms with van der Waals surface area (Å²) in [6, 6.07) is -13.2. The minimum absolute atomic E-state index is 0.00994. The van der Waals surface area contributed by atoms with Crippen LogP contribution in [0.3, 0.4) is 0 Å². The van der Waals surface area contributed by atoms with Crippen molar-refractivity contribution in [3.63, 3.8) is 0 Å². The van der Waals surface area contributed by atoms with Crippen molar-refractivity contribution >= 4 is 78.5 Å². The summed E-state index contributed by atoms with van der Waals surface area (Å²) in [7, 11) is 0. The Morgan fingerprint density at radius 1 is 0.641 bits per heavy atom. The van der Waals surface area contributed by atoms with E-state index in [2.05, 4.69) is 62.5 Å². The lowest BCUT2D eigenvalue weighted by atomic mass is 10.0. The van der Waals surface area contributed by atoms with E-state index < -0.39 is 133 Å². The maximum absolute atomic E-state index is 13.7. The molecule has 1 aliphatic rings. The number of likely N-dealkylation sites (tertiary alicyclic amines) is 1. The smallest absolute Gasteiger partial charge is 0.327 e. The molecule has 26 heteroatoms. The molecule has 0 saturated carbocycles. The van der Waals surface area contributed by atoms with Gasteiger partial charge in [-0.05, 0) is 71.8 Å². The summed E-state index contributed by atoms with van der Waals surface area (Å²) in [5, 5.41) is 66.9. The number of aliphatic carboxylic acids is 1. The van der Waals surface area contributed by atoms with Crippen LogP contribution in [0, 0.1) is 5.92 Å². The number of carbonyl (C=O) groups excluding carboxylic acids is 8. The summed E-state index contributed by atoms with van der Waals surface area (Å²) in [6.07, 6.45) is -3.08. The van der Waals surface area contributed by atoms with Gasteiger partial charge in [0.2, 0.25) is 47.3 Å². The minimum atomic E-state index is -1.84. The van der Waals surface area contributed by atoms with Crippen LogP contribution in [0.25, 0.3) is 0 Å². The molecule has 64 heavy (non-hydrogen) atoms. The first-order chi connectivity index (χ1) is 29.9. The first-order valence-corrected chi connectivity index (χ1v) is 22.2. The zero-order valence-corrected chi connectivity index (χ0v) is 38.5. The van der Waals surface area contributed by atoms with E-state index in [0.717, 1.165) is 20.8 Å². The number of amides is 8. The Bertz CT molecular complexity index is 1610. The number of carbonyl (C=O) groups is 9. The van der Waals surface area contributed by atoms with E-state index in [4.69, 9.17) is 11.5 Å². The Balaban J connectivity index is 3.18. The topological polar surface area (TPSA) is 394 Å². The van der Waals surface area contributed by atoms with E-state index >= 15 is 0 Å². The molecule has 366 valence electrons. The molecule has 0 unspecified atom stereocenters. The molecule has 0 radical (unpaired) electrons. The molecule has 16 N–H and O–H groups in total. The molecule has 1 aliphatic heterocycles. The molecule has 1 rings (SSSR count). The SMILES string of the molecule is CC(C)C[C@H](NC(=O)[C@@H](NC(=O)[C@H](CO)NC(=O)[C@@H](NC(=O)[C@@H]1CCCN1C(=O)[C@H](CCCCN)NC(=O)[C@@H](N)CS)[C@@H](C)O)[C@@H](C)O)C(=O)N[C@H](C(=O)N[C@@H](CS)C(=O)O)[C@@H](C)O. The fourth-order valence-electron chi connectivity index (χ4n) is 6.45. The highest BCUT2D eigenvalue weighted by molar-refractivity contribution is 7.80. The third kappa shape index (κ3) is 18.3. The summed E-state index contributed by atoms with van der Waals surface area (Å²) >= 11 is 7.90. The second-order valence-electron chi connectivity index (χ2n) is 16.0. The highest BCUT2D eigenvalue weighted by Gasteiger charge is 2.41. The van der Waals surface area contributed by atoms with Crippen molar-refractivity contribution in [2.45, 2.75) is 146 Å². The minimum Gasteiger partial charge on any atom is -0.480 e. The van der Waals surface area contributed by atoms with Crippen LogP contribution in [-0.2, 0) is 43.2 Å². The van der Waals surface area contributed by atoms with E-state index in [1.54, 1.807) is 13.8 Å². The van der Waals surface area contributed by atoms with Crippen molar-refractivity contribution in [1.29, 1.82) is 0 Å². The number of unbranched alkanes of at least 4 members (excludes halogenated alkanes) is 1. The van der Waals surface area contributed by atoms with E-state index in [1.807, 2.05) is 0 Å². The van der Waals surface area contributed by atoms with Gasteiger partial charge in [-0.15, -0.1) is 0 Å². The number of rotatable bonds is 28. The van der Waals surface area contributed by atoms with Crippen LogP contribution in [0.15, 0.2) is 0 Å². The van der Waals surface area contributed by atoms with E-state index in [1.165, 1.54) is 4.90 Å². The number of nitrogens with zero attached hydrogens (tertiary/aromatic N) is 1. The molecule has 0 aromatic carbocycles. The molecular formula is C38H68N10O14S2. The molecule has 0 aliphatic carbocycles. The Kier molecular flexibility index (Phi) is 25.8. The van der Waals surface area contributed by atoms with Gasteiger partial charge in [-0.2, -0.15) is 25.3 Å². The fraction of sp³-hybridized carbons (Fsp3) is 0.763. The Labute approximate surface area is 382 Å². The number of carboxylic acid groups (broad SMARTS) is 1. The van der Waals surface area contributed by atoms with Gasteiger partial charge in [0.15, 0.2) is 0 Å². The number of hydrogen-bond acceptors (Lipinski definition) is 17. The Morgan fingerprint density at radius 2 is 1.11 bits per heavy atom. The average Bonchev–Trinajstić information content (AvgIpc) is 3.73. The van der Waals surface area contributed by atoms with E-state index in [-0.39, 0.29) is 43.2 Å². The third-order valence-electron chi connectivity index (χ3n) is 10.1. The van der Waals surface area contributed by atoms with Gasteiger partial charge >= 0.3 is 5.97 Å². The van der Waals surface area contributed by atoms with Crippen LogP contribution in [0.5, 0.6) is 0 Å². The van der Waals surface area contributed by atoms with Gasteiger partial charge in [0.1, 0.15) is 48.3 Å². The van der Waals surface area contributed by atoms with Crippen LogP contribution >= 0.6 is 25.3 Å². The van der Waals surface area contributed by atoms with Gasteiger partial charge in [-0.3, -0.25) is 38.4 Å². The number of aliphatic hydroxyl groups is 4. The summed E-state index contributed by atoms with van der Waals surface area (Å²) in [5.74, 6) is -9.59. The number of thiol groups is 2. The van der Waals surface area contributed by atoms with Gasteiger partial charge in [-0.1, -0.05) is 13.8 Å². The highest BCUT2D eigenvalue weighted by Crippen LogP contribution is 2.21. The van der Waals surface area contributed by atoms with Gasteiger partial charge in [-0.25, -0.2) is 4.79 Å². The lowest BCUT2D eigenvalue weighted by Crippen LogP contribution is -2.63. The Hall–Kier alpha value is -4.31. The molecular weight excluding hydrogens is 885 g/mol. The number of nitrogens with one attached hydrogen (secondary N) is 7. The van der Waals surface area contributed by atoms with Crippen molar-refractivity contribution < 1.29 is 68.7 Å². The lowest BCUT2D eigenvalue weighted by molar-refractivity contribution is -0.143. The van der Waals surface area contributed by atoms with Gasteiger partial charge in [0.05, 0.1) is 31.0 Å². The van der Waals surface area contributed by atoms with E-state index in [0.29, 0.717) is 25.8 Å². The number of nitrogens with two attached hydrogens (primary N) is 2. The quantitative estimate of drug-likeness (QED) is 0.0256. The standard InChI is InChI=1S/C38H68N10O14S2/c1-17(2)13-23(31(54)45-28(19(4)51)36(59)44-25(16-64)38(61)62)42-34(57)27(18(3)50)46-32(55)24(14-49)43-35(58)29(20(5)52)47-33(56)26-10-8-12-48(26)37(60)22(9-6-7-11-39)41-30(53)21(40)15-63/h17-29,49-52,63-64H,6-16,39-40H2,1-5H3,(H,41,53)(H,42,57)(H,43,58)(H,44,59)(H,45,54)(H,46,55)(H,47,56)(H,61,62)/t18-,19-,20-,21+,22+,23+,24+,25+,26+,27+,28+,29+/m1/s1. The maximum atomic E-state index is 13.7. The largest absolute Gasteiger partial charge is 0.480 e. The molecule has 1 heterocycles.